The van der Waals surface area contributed by atoms with Crippen LogP contribution in [0.5, 0.6) is 0 Å². The molecule has 122 valence electrons. The van der Waals surface area contributed by atoms with Gasteiger partial charge in [-0.05, 0) is 38.9 Å². The van der Waals surface area contributed by atoms with Crippen molar-refractivity contribution in [3.05, 3.63) is 35.5 Å². The average molecular weight is 315 g/mol. The third-order valence-corrected chi connectivity index (χ3v) is 5.04. The van der Waals surface area contributed by atoms with E-state index in [2.05, 4.69) is 15.2 Å². The SMILES string of the molecule is CN(C)[C@@H]1CN(C(=O)c2occ3c2CCC3)C[C@@H]1n1ccnn1. The van der Waals surface area contributed by atoms with Crippen LogP contribution in [0.2, 0.25) is 0 Å². The molecule has 1 aliphatic heterocycles. The Kier molecular flexibility index (Phi) is 3.45. The fraction of sp³-hybridized carbons (Fsp3) is 0.562. The van der Waals surface area contributed by atoms with E-state index in [1.54, 1.807) is 12.5 Å². The highest BCUT2D eigenvalue weighted by Gasteiger charge is 2.40. The van der Waals surface area contributed by atoms with E-state index in [-0.39, 0.29) is 18.0 Å². The number of nitrogens with zero attached hydrogens (tertiary/aromatic N) is 5. The highest BCUT2D eigenvalue weighted by atomic mass is 16.3. The monoisotopic (exact) mass is 315 g/mol. The Morgan fingerprint density at radius 2 is 2.22 bits per heavy atom. The van der Waals surface area contributed by atoms with Crippen LogP contribution in [0.3, 0.4) is 0 Å². The number of carbonyl (C=O) groups is 1. The first kappa shape index (κ1) is 14.4. The number of rotatable bonds is 3. The van der Waals surface area contributed by atoms with E-state index in [0.29, 0.717) is 18.8 Å². The molecule has 0 unspecified atom stereocenters. The summed E-state index contributed by atoms with van der Waals surface area (Å²) >= 11 is 0. The summed E-state index contributed by atoms with van der Waals surface area (Å²) in [6.45, 7) is 1.30. The standard InChI is InChI=1S/C16H21N5O2/c1-19(2)13-8-20(9-14(13)21-7-6-17-18-21)16(22)15-12-5-3-4-11(12)10-23-15/h6-7,10,13-14H,3-5,8-9H2,1-2H3/t13-,14+/m1/s1. The summed E-state index contributed by atoms with van der Waals surface area (Å²) in [7, 11) is 4.07. The third-order valence-electron chi connectivity index (χ3n) is 5.04. The molecule has 0 spiro atoms. The fourth-order valence-electron chi connectivity index (χ4n) is 3.78. The maximum Gasteiger partial charge on any atom is 0.289 e. The summed E-state index contributed by atoms with van der Waals surface area (Å²) in [5.41, 5.74) is 2.31. The van der Waals surface area contributed by atoms with Crippen LogP contribution in [0.1, 0.15) is 34.1 Å². The molecule has 2 aromatic heterocycles. The van der Waals surface area contributed by atoms with Crippen molar-refractivity contribution in [1.82, 2.24) is 24.8 Å². The Bertz CT molecular complexity index is 706. The zero-order valence-corrected chi connectivity index (χ0v) is 13.5. The maximum absolute atomic E-state index is 12.9. The molecule has 7 heteroatoms. The number of hydrogen-bond donors (Lipinski definition) is 0. The molecular weight excluding hydrogens is 294 g/mol. The predicted molar refractivity (Wildman–Crippen MR) is 83.2 cm³/mol. The van der Waals surface area contributed by atoms with Gasteiger partial charge in [-0.3, -0.25) is 4.79 Å². The van der Waals surface area contributed by atoms with Gasteiger partial charge in [-0.25, -0.2) is 4.68 Å². The molecule has 1 amide bonds. The van der Waals surface area contributed by atoms with Gasteiger partial charge in [0.2, 0.25) is 0 Å². The molecule has 7 nitrogen and oxygen atoms in total. The second-order valence-corrected chi connectivity index (χ2v) is 6.61. The molecule has 0 radical (unpaired) electrons. The second-order valence-electron chi connectivity index (χ2n) is 6.61. The summed E-state index contributed by atoms with van der Waals surface area (Å²) in [4.78, 5) is 16.9. The van der Waals surface area contributed by atoms with Crippen molar-refractivity contribution in [3.8, 4) is 0 Å². The Labute approximate surface area is 134 Å². The van der Waals surface area contributed by atoms with Gasteiger partial charge in [0.05, 0.1) is 24.5 Å². The first-order chi connectivity index (χ1) is 11.1. The first-order valence-electron chi connectivity index (χ1n) is 8.06. The molecule has 0 aromatic carbocycles. The number of hydrogen-bond acceptors (Lipinski definition) is 5. The van der Waals surface area contributed by atoms with Crippen LogP contribution in [0, 0.1) is 0 Å². The van der Waals surface area contributed by atoms with E-state index in [1.165, 1.54) is 5.56 Å². The maximum atomic E-state index is 12.9. The van der Waals surface area contributed by atoms with Crippen LogP contribution in [-0.2, 0) is 12.8 Å². The number of likely N-dealkylation sites (tertiary alicyclic amines) is 1. The van der Waals surface area contributed by atoms with Crippen molar-refractivity contribution in [1.29, 1.82) is 0 Å². The Morgan fingerprint density at radius 1 is 1.35 bits per heavy atom. The van der Waals surface area contributed by atoms with Crippen molar-refractivity contribution in [3.63, 3.8) is 0 Å². The molecular formula is C16H21N5O2. The van der Waals surface area contributed by atoms with Crippen molar-refractivity contribution in [2.75, 3.05) is 27.2 Å². The summed E-state index contributed by atoms with van der Waals surface area (Å²) in [6.07, 6.45) is 8.38. The number of furan rings is 1. The lowest BCUT2D eigenvalue weighted by atomic mass is 10.1. The highest BCUT2D eigenvalue weighted by Crippen LogP contribution is 2.31. The minimum Gasteiger partial charge on any atom is -0.459 e. The third kappa shape index (κ3) is 2.35. The van der Waals surface area contributed by atoms with Gasteiger partial charge in [-0.15, -0.1) is 5.10 Å². The van der Waals surface area contributed by atoms with Gasteiger partial charge >= 0.3 is 0 Å². The molecule has 0 bridgehead atoms. The Balaban J connectivity index is 1.59. The van der Waals surface area contributed by atoms with E-state index in [0.717, 1.165) is 24.8 Å². The van der Waals surface area contributed by atoms with Crippen molar-refractivity contribution < 1.29 is 9.21 Å². The smallest absolute Gasteiger partial charge is 0.289 e. The highest BCUT2D eigenvalue weighted by molar-refractivity contribution is 5.93. The van der Waals surface area contributed by atoms with E-state index in [1.807, 2.05) is 29.9 Å². The number of likely N-dealkylation sites (N-methyl/N-ethyl adjacent to an activating group) is 1. The van der Waals surface area contributed by atoms with E-state index >= 15 is 0 Å². The van der Waals surface area contributed by atoms with Gasteiger partial charge < -0.3 is 14.2 Å². The minimum absolute atomic E-state index is 0.00242. The molecule has 0 N–H and O–H groups in total. The van der Waals surface area contributed by atoms with Crippen LogP contribution in [0.4, 0.5) is 0 Å². The summed E-state index contributed by atoms with van der Waals surface area (Å²) in [5, 5.41) is 8.02. The van der Waals surface area contributed by atoms with Crippen molar-refractivity contribution in [2.24, 2.45) is 0 Å². The molecule has 0 saturated carbocycles. The van der Waals surface area contributed by atoms with Crippen LogP contribution < -0.4 is 0 Å². The number of carbonyl (C=O) groups excluding carboxylic acids is 1. The zero-order chi connectivity index (χ0) is 16.0. The second kappa shape index (κ2) is 5.49. The fourth-order valence-corrected chi connectivity index (χ4v) is 3.78. The molecule has 1 aliphatic carbocycles. The molecule has 2 aromatic rings. The normalized spacial score (nSPS) is 23.7. The minimum atomic E-state index is 0.00242. The van der Waals surface area contributed by atoms with Gasteiger partial charge in [0, 0.05) is 24.8 Å². The lowest BCUT2D eigenvalue weighted by molar-refractivity contribution is 0.0748. The number of amides is 1. The molecule has 2 atom stereocenters. The van der Waals surface area contributed by atoms with Crippen LogP contribution in [0.25, 0.3) is 0 Å². The molecule has 2 aliphatic rings. The molecule has 1 saturated heterocycles. The van der Waals surface area contributed by atoms with Crippen LogP contribution >= 0.6 is 0 Å². The summed E-state index contributed by atoms with van der Waals surface area (Å²) in [6, 6.07) is 0.322. The molecule has 23 heavy (non-hydrogen) atoms. The van der Waals surface area contributed by atoms with Gasteiger partial charge in [-0.1, -0.05) is 5.21 Å². The van der Waals surface area contributed by atoms with E-state index in [9.17, 15) is 4.79 Å². The molecule has 4 rings (SSSR count). The van der Waals surface area contributed by atoms with Crippen molar-refractivity contribution >= 4 is 5.91 Å². The van der Waals surface area contributed by atoms with Crippen LogP contribution in [0.15, 0.2) is 23.1 Å². The Morgan fingerprint density at radius 3 is 2.96 bits per heavy atom. The van der Waals surface area contributed by atoms with Gasteiger partial charge in [0.25, 0.3) is 5.91 Å². The number of fused-ring (bicyclic) bond motifs is 1. The largest absolute Gasteiger partial charge is 0.459 e. The summed E-state index contributed by atoms with van der Waals surface area (Å²) in [5.74, 6) is 0.539. The average Bonchev–Trinajstić information content (AvgIpc) is 3.27. The number of aryl methyl sites for hydroxylation is 1. The van der Waals surface area contributed by atoms with Gasteiger partial charge in [0.15, 0.2) is 5.76 Å². The molecule has 1 fully saturated rings. The lowest BCUT2D eigenvalue weighted by Crippen LogP contribution is -2.37. The zero-order valence-electron chi connectivity index (χ0n) is 13.5. The molecule has 3 heterocycles. The quantitative estimate of drug-likeness (QED) is 0.845. The van der Waals surface area contributed by atoms with Gasteiger partial charge in [-0.2, -0.15) is 0 Å². The first-order valence-corrected chi connectivity index (χ1v) is 8.06. The predicted octanol–water partition coefficient (Wildman–Crippen LogP) is 0.987. The Hall–Kier alpha value is -2.15. The van der Waals surface area contributed by atoms with Gasteiger partial charge in [0.1, 0.15) is 0 Å². The number of aromatic nitrogens is 3. The topological polar surface area (TPSA) is 67.4 Å². The van der Waals surface area contributed by atoms with Crippen LogP contribution in [-0.4, -0.2) is 63.9 Å². The van der Waals surface area contributed by atoms with Crippen molar-refractivity contribution in [2.45, 2.75) is 31.3 Å². The summed E-state index contributed by atoms with van der Waals surface area (Å²) < 4.78 is 7.45. The van der Waals surface area contributed by atoms with E-state index in [4.69, 9.17) is 4.42 Å². The lowest BCUT2D eigenvalue weighted by Gasteiger charge is -2.24. The van der Waals surface area contributed by atoms with E-state index < -0.39 is 0 Å².